The Hall–Kier alpha value is 0.763. The summed E-state index contributed by atoms with van der Waals surface area (Å²) in [6.07, 6.45) is 0. The molecular weight excluding hydrogens is 469 g/mol. The van der Waals surface area contributed by atoms with Crippen LogP contribution in [0.1, 0.15) is 0 Å². The number of rotatable bonds is 0. The predicted octanol–water partition coefficient (Wildman–Crippen LogP) is -6.73. The number of carbonyl (C=O) groups excluding carboxylic acids is 4. The first-order chi connectivity index (χ1) is 4.00. The van der Waals surface area contributed by atoms with E-state index in [2.05, 4.69) is 0 Å². The predicted molar refractivity (Wildman–Crippen MR) is 28.5 cm³/mol. The molecule has 0 aliphatic carbocycles. The van der Waals surface area contributed by atoms with Gasteiger partial charge >= 0.3 is 19.5 Å². The van der Waals surface area contributed by atoms with Gasteiger partial charge in [-0.25, -0.2) is 0 Å². The molecule has 1 radical (unpaired) electrons. The molecule has 4 nitrogen and oxygen atoms in total. The molecule has 0 fully saturated rings. The van der Waals surface area contributed by atoms with Crippen molar-refractivity contribution in [1.82, 2.24) is 0 Å². The van der Waals surface area contributed by atoms with E-state index in [1.54, 1.807) is 0 Å². The van der Waals surface area contributed by atoms with Crippen LogP contribution in [0.25, 0.3) is 0 Å². The summed E-state index contributed by atoms with van der Waals surface area (Å²) in [7, 11) is 0. The Bertz CT molecular complexity index is 28.1. The first-order valence-corrected chi connectivity index (χ1v) is 1.15. The monoisotopic (exact) mass is 477 g/mol. The largest absolute Gasteiger partial charge is 2.00 e. The number of carbonyl (C=O) groups is 4. The van der Waals surface area contributed by atoms with Crippen molar-refractivity contribution in [2.45, 2.75) is 0 Å². The standard InChI is InChI=1S/4CH2O.2HI.Rh/c4*1-2;;;/h4*1H2;2*1H;/q;;;;;;+2/p-2. The van der Waals surface area contributed by atoms with Gasteiger partial charge in [0.05, 0.1) is 0 Å². The molecule has 0 atom stereocenters. The normalized spacial score (nSPS) is 1.45. The summed E-state index contributed by atoms with van der Waals surface area (Å²) >= 11 is 0. The molecule has 0 N–H and O–H groups in total. The fourth-order valence-electron chi connectivity index (χ4n) is 0. The summed E-state index contributed by atoms with van der Waals surface area (Å²) in [6, 6.07) is 0. The van der Waals surface area contributed by atoms with Crippen LogP contribution in [0.2, 0.25) is 0 Å². The molecule has 0 aliphatic heterocycles. The van der Waals surface area contributed by atoms with Crippen LogP contribution >= 0.6 is 0 Å². The van der Waals surface area contributed by atoms with Crippen LogP contribution in [0.4, 0.5) is 0 Å². The van der Waals surface area contributed by atoms with Crippen LogP contribution in [-0.2, 0) is 38.7 Å². The molecule has 11 heavy (non-hydrogen) atoms. The Morgan fingerprint density at radius 3 is 0.455 bits per heavy atom. The molecular formula is C4H8I2O4Rh. The second-order valence-electron chi connectivity index (χ2n) is 0. The molecule has 0 aromatic carbocycles. The maximum absolute atomic E-state index is 8.00. The summed E-state index contributed by atoms with van der Waals surface area (Å²) in [5.41, 5.74) is 0. The number of halogens is 2. The summed E-state index contributed by atoms with van der Waals surface area (Å²) in [5, 5.41) is 0. The Morgan fingerprint density at radius 2 is 0.455 bits per heavy atom. The maximum atomic E-state index is 8.00. The minimum atomic E-state index is 0. The zero-order valence-electron chi connectivity index (χ0n) is 5.55. The van der Waals surface area contributed by atoms with E-state index in [9.17, 15) is 0 Å². The molecule has 0 aromatic heterocycles. The van der Waals surface area contributed by atoms with Crippen molar-refractivity contribution in [3.63, 3.8) is 0 Å². The quantitative estimate of drug-likeness (QED) is 0.258. The van der Waals surface area contributed by atoms with E-state index < -0.39 is 0 Å². The van der Waals surface area contributed by atoms with Crippen LogP contribution in [0.3, 0.4) is 0 Å². The average Bonchev–Trinajstić information content (AvgIpc) is 2.03. The fraction of sp³-hybridized carbons (Fsp3) is 0. The van der Waals surface area contributed by atoms with Gasteiger partial charge in [-0.1, -0.05) is 0 Å². The number of hydrogen-bond acceptors (Lipinski definition) is 4. The van der Waals surface area contributed by atoms with Gasteiger partial charge in [0.25, 0.3) is 0 Å². The minimum absolute atomic E-state index is 0. The molecule has 0 unspecified atom stereocenters. The molecule has 0 bridgehead atoms. The van der Waals surface area contributed by atoms with Crippen molar-refractivity contribution in [3.05, 3.63) is 0 Å². The molecule has 0 heterocycles. The van der Waals surface area contributed by atoms with Crippen LogP contribution in [0.15, 0.2) is 0 Å². The second-order valence-corrected chi connectivity index (χ2v) is 0. The van der Waals surface area contributed by atoms with E-state index in [-0.39, 0.29) is 67.4 Å². The fourth-order valence-corrected chi connectivity index (χ4v) is 0. The molecule has 0 saturated heterocycles. The summed E-state index contributed by atoms with van der Waals surface area (Å²) in [4.78, 5) is 32.0. The van der Waals surface area contributed by atoms with E-state index in [0.717, 1.165) is 0 Å². The number of hydrogen-bond donors (Lipinski definition) is 0. The van der Waals surface area contributed by atoms with Crippen molar-refractivity contribution in [3.8, 4) is 0 Å². The first-order valence-electron chi connectivity index (χ1n) is 1.15. The van der Waals surface area contributed by atoms with E-state index in [1.807, 2.05) is 27.2 Å². The Balaban J connectivity index is -0.00000000356. The average molecular weight is 477 g/mol. The van der Waals surface area contributed by atoms with Crippen LogP contribution in [-0.4, -0.2) is 27.2 Å². The molecule has 7 heteroatoms. The summed E-state index contributed by atoms with van der Waals surface area (Å²) < 4.78 is 0. The van der Waals surface area contributed by atoms with Crippen LogP contribution in [0.5, 0.6) is 0 Å². The second kappa shape index (κ2) is 1760. The van der Waals surface area contributed by atoms with Crippen molar-refractivity contribution in [1.29, 1.82) is 0 Å². The molecule has 0 spiro atoms. The SMILES string of the molecule is C=O.C=O.C=O.C=O.[I-].[I-].[Rh+2]. The minimum Gasteiger partial charge on any atom is -1.00 e. The van der Waals surface area contributed by atoms with Gasteiger partial charge in [0.2, 0.25) is 0 Å². The van der Waals surface area contributed by atoms with Crippen LogP contribution in [0, 0.1) is 0 Å². The Labute approximate surface area is 113 Å². The van der Waals surface area contributed by atoms with E-state index >= 15 is 0 Å². The van der Waals surface area contributed by atoms with Gasteiger partial charge in [-0.2, -0.15) is 0 Å². The third kappa shape index (κ3) is 1420. The molecule has 0 amide bonds. The third-order valence-electron chi connectivity index (χ3n) is 0. The Kier molecular flexibility index (Phi) is 9610. The van der Waals surface area contributed by atoms with Crippen molar-refractivity contribution in [2.75, 3.05) is 0 Å². The maximum Gasteiger partial charge on any atom is 2.00 e. The van der Waals surface area contributed by atoms with Gasteiger partial charge in [0.15, 0.2) is 0 Å². The third-order valence-corrected chi connectivity index (χ3v) is 0. The molecule has 0 aliphatic rings. The van der Waals surface area contributed by atoms with E-state index in [0.29, 0.717) is 0 Å². The smallest absolute Gasteiger partial charge is 1.00 e. The van der Waals surface area contributed by atoms with Gasteiger partial charge in [-0.05, 0) is 0 Å². The summed E-state index contributed by atoms with van der Waals surface area (Å²) in [5.74, 6) is 0. The van der Waals surface area contributed by atoms with Crippen molar-refractivity contribution >= 4 is 27.2 Å². The molecule has 0 rings (SSSR count). The van der Waals surface area contributed by atoms with Gasteiger partial charge < -0.3 is 67.1 Å². The van der Waals surface area contributed by atoms with Gasteiger partial charge in [-0.3, -0.25) is 0 Å². The molecule has 0 aromatic rings. The zero-order valence-corrected chi connectivity index (χ0v) is 11.5. The first kappa shape index (κ1) is 60.1. The molecule has 71 valence electrons. The Morgan fingerprint density at radius 1 is 0.455 bits per heavy atom. The van der Waals surface area contributed by atoms with E-state index in [4.69, 9.17) is 19.2 Å². The summed E-state index contributed by atoms with van der Waals surface area (Å²) in [6.45, 7) is 8.00. The van der Waals surface area contributed by atoms with Gasteiger partial charge in [0, 0.05) is 0 Å². The molecule has 0 saturated carbocycles. The van der Waals surface area contributed by atoms with Gasteiger partial charge in [-0.15, -0.1) is 0 Å². The van der Waals surface area contributed by atoms with Crippen LogP contribution < -0.4 is 48.0 Å². The topological polar surface area (TPSA) is 68.3 Å². The van der Waals surface area contributed by atoms with Crippen molar-refractivity contribution < 1.29 is 86.6 Å². The van der Waals surface area contributed by atoms with E-state index in [1.165, 1.54) is 0 Å². The zero-order chi connectivity index (χ0) is 8.00. The van der Waals surface area contributed by atoms with Gasteiger partial charge in [0.1, 0.15) is 27.2 Å². The van der Waals surface area contributed by atoms with Crippen molar-refractivity contribution in [2.24, 2.45) is 0 Å².